The maximum absolute atomic E-state index is 12.8. The van der Waals surface area contributed by atoms with Gasteiger partial charge in [0.05, 0.1) is 31.8 Å². The zero-order chi connectivity index (χ0) is 19.9. The highest BCUT2D eigenvalue weighted by Crippen LogP contribution is 2.21. The summed E-state index contributed by atoms with van der Waals surface area (Å²) in [5.41, 5.74) is 0.500. The van der Waals surface area contributed by atoms with Crippen LogP contribution in [0.5, 0.6) is 0 Å². The van der Waals surface area contributed by atoms with Crippen LogP contribution in [0.25, 0.3) is 0 Å². The Morgan fingerprint density at radius 2 is 2.04 bits per heavy atom. The van der Waals surface area contributed by atoms with Crippen LogP contribution in [0, 0.1) is 11.3 Å². The molecule has 0 atom stereocenters. The van der Waals surface area contributed by atoms with Gasteiger partial charge < -0.3 is 9.73 Å². The molecule has 0 saturated carbocycles. The van der Waals surface area contributed by atoms with Gasteiger partial charge >= 0.3 is 11.8 Å². The molecule has 0 spiro atoms. The zero-order valence-electron chi connectivity index (χ0n) is 14.7. The number of carbonyl (C=O) groups is 2. The molecule has 3 aromatic rings. The summed E-state index contributed by atoms with van der Waals surface area (Å²) in [6.07, 6.45) is 3.41. The van der Waals surface area contributed by atoms with Gasteiger partial charge in [0.15, 0.2) is 5.82 Å². The van der Waals surface area contributed by atoms with Crippen molar-refractivity contribution in [1.29, 1.82) is 5.26 Å². The molecule has 0 unspecified atom stereocenters. The van der Waals surface area contributed by atoms with E-state index in [1.807, 2.05) is 6.07 Å². The summed E-state index contributed by atoms with van der Waals surface area (Å²) < 4.78 is 6.82. The number of nitrogens with one attached hydrogen (secondary N) is 1. The summed E-state index contributed by atoms with van der Waals surface area (Å²) in [5, 5.41) is 15.7. The number of halogens is 1. The molecule has 28 heavy (non-hydrogen) atoms. The molecular weight excluding hydrogens is 382 g/mol. The number of aryl methyl sites for hydroxylation is 1. The number of aromatic nitrogens is 2. The third-order valence-electron chi connectivity index (χ3n) is 3.81. The number of hydrogen-bond acceptors (Lipinski definition) is 5. The lowest BCUT2D eigenvalue weighted by molar-refractivity contribution is -0.134. The number of anilines is 2. The Labute approximate surface area is 165 Å². The molecular formula is C19H16ClN5O3. The van der Waals surface area contributed by atoms with E-state index in [9.17, 15) is 9.59 Å². The zero-order valence-corrected chi connectivity index (χ0v) is 15.5. The molecule has 2 aromatic heterocycles. The first-order valence-corrected chi connectivity index (χ1v) is 8.76. The molecule has 9 heteroatoms. The van der Waals surface area contributed by atoms with Gasteiger partial charge in [-0.1, -0.05) is 11.6 Å². The summed E-state index contributed by atoms with van der Waals surface area (Å²) in [6.45, 7) is 0.479. The van der Waals surface area contributed by atoms with E-state index in [0.717, 1.165) is 0 Å². The van der Waals surface area contributed by atoms with E-state index in [2.05, 4.69) is 10.4 Å². The summed E-state index contributed by atoms with van der Waals surface area (Å²) >= 11 is 5.92. The minimum Gasteiger partial charge on any atom is -0.467 e. The second kappa shape index (κ2) is 8.88. The van der Waals surface area contributed by atoms with Crippen LogP contribution in [0.2, 0.25) is 5.02 Å². The average molecular weight is 398 g/mol. The Hall–Kier alpha value is -3.57. The average Bonchev–Trinajstić information content (AvgIpc) is 3.36. The number of rotatable bonds is 6. The monoisotopic (exact) mass is 397 g/mol. The van der Waals surface area contributed by atoms with Gasteiger partial charge in [-0.25, -0.2) is 0 Å². The summed E-state index contributed by atoms with van der Waals surface area (Å²) in [7, 11) is 0. The van der Waals surface area contributed by atoms with E-state index in [1.165, 1.54) is 15.8 Å². The van der Waals surface area contributed by atoms with Crippen LogP contribution in [0.3, 0.4) is 0 Å². The Morgan fingerprint density at radius 1 is 1.25 bits per heavy atom. The van der Waals surface area contributed by atoms with Crippen LogP contribution in [-0.2, 0) is 22.7 Å². The van der Waals surface area contributed by atoms with Crippen LogP contribution in [0.1, 0.15) is 12.2 Å². The molecule has 0 bridgehead atoms. The highest BCUT2D eigenvalue weighted by atomic mass is 35.5. The predicted molar refractivity (Wildman–Crippen MR) is 102 cm³/mol. The van der Waals surface area contributed by atoms with Crippen LogP contribution in [0.15, 0.2) is 59.3 Å². The van der Waals surface area contributed by atoms with Crippen molar-refractivity contribution in [3.63, 3.8) is 0 Å². The van der Waals surface area contributed by atoms with Crippen LogP contribution >= 0.6 is 11.6 Å². The standard InChI is InChI=1S/C19H16ClN5O3/c20-14-4-6-15(7-5-14)25(13-16-3-1-12-28-16)19(27)18(26)22-17-8-11-24(23-17)10-2-9-21/h1,3-8,11-12H,2,10,13H2,(H,22,23,26). The molecule has 142 valence electrons. The first kappa shape index (κ1) is 19.2. The van der Waals surface area contributed by atoms with Crippen molar-refractivity contribution in [3.8, 4) is 6.07 Å². The van der Waals surface area contributed by atoms with Crippen molar-refractivity contribution in [2.24, 2.45) is 0 Å². The molecule has 0 fully saturated rings. The second-order valence-electron chi connectivity index (χ2n) is 5.77. The number of hydrogen-bond donors (Lipinski definition) is 1. The van der Waals surface area contributed by atoms with E-state index in [4.69, 9.17) is 21.3 Å². The normalized spacial score (nSPS) is 10.3. The lowest BCUT2D eigenvalue weighted by Crippen LogP contribution is -2.39. The number of nitrogens with zero attached hydrogens (tertiary/aromatic N) is 4. The van der Waals surface area contributed by atoms with E-state index in [-0.39, 0.29) is 12.4 Å². The van der Waals surface area contributed by atoms with Crippen molar-refractivity contribution in [2.75, 3.05) is 10.2 Å². The minimum atomic E-state index is -0.841. The topological polar surface area (TPSA) is 104 Å². The van der Waals surface area contributed by atoms with Crippen molar-refractivity contribution < 1.29 is 14.0 Å². The smallest absolute Gasteiger partial charge is 0.317 e. The summed E-state index contributed by atoms with van der Waals surface area (Å²) in [5.74, 6) is -0.862. The second-order valence-corrected chi connectivity index (χ2v) is 6.21. The lowest BCUT2D eigenvalue weighted by Gasteiger charge is -2.21. The van der Waals surface area contributed by atoms with Gasteiger partial charge in [-0.3, -0.25) is 19.2 Å². The summed E-state index contributed by atoms with van der Waals surface area (Å²) in [4.78, 5) is 26.6. The molecule has 3 rings (SSSR count). The van der Waals surface area contributed by atoms with Gasteiger partial charge in [0.1, 0.15) is 5.76 Å². The molecule has 0 radical (unpaired) electrons. The maximum Gasteiger partial charge on any atom is 0.317 e. The van der Waals surface area contributed by atoms with Crippen LogP contribution in [-0.4, -0.2) is 21.6 Å². The Bertz CT molecular complexity index is 990. The lowest BCUT2D eigenvalue weighted by atomic mass is 10.2. The number of benzene rings is 1. The third kappa shape index (κ3) is 4.78. The van der Waals surface area contributed by atoms with Crippen molar-refractivity contribution in [1.82, 2.24) is 9.78 Å². The van der Waals surface area contributed by atoms with Gasteiger partial charge in [-0.2, -0.15) is 10.4 Å². The Morgan fingerprint density at radius 3 is 2.71 bits per heavy atom. The molecule has 0 aliphatic rings. The molecule has 2 heterocycles. The van der Waals surface area contributed by atoms with E-state index in [1.54, 1.807) is 48.7 Å². The van der Waals surface area contributed by atoms with Gasteiger partial charge in [-0.05, 0) is 36.4 Å². The molecule has 8 nitrogen and oxygen atoms in total. The first-order valence-electron chi connectivity index (χ1n) is 8.38. The fraction of sp³-hybridized carbons (Fsp3) is 0.158. The fourth-order valence-electron chi connectivity index (χ4n) is 2.47. The Balaban J connectivity index is 1.76. The van der Waals surface area contributed by atoms with Crippen LogP contribution in [0.4, 0.5) is 11.5 Å². The predicted octanol–water partition coefficient (Wildman–Crippen LogP) is 3.22. The largest absolute Gasteiger partial charge is 0.467 e. The number of nitriles is 1. The number of furan rings is 1. The van der Waals surface area contributed by atoms with E-state index in [0.29, 0.717) is 29.4 Å². The first-order chi connectivity index (χ1) is 13.6. The van der Waals surface area contributed by atoms with Gasteiger partial charge in [0.2, 0.25) is 0 Å². The SMILES string of the molecule is N#CCCn1ccc(NC(=O)C(=O)N(Cc2ccco2)c2ccc(Cl)cc2)n1. The van der Waals surface area contributed by atoms with E-state index < -0.39 is 11.8 Å². The van der Waals surface area contributed by atoms with Crippen molar-refractivity contribution in [2.45, 2.75) is 19.5 Å². The minimum absolute atomic E-state index is 0.0808. The third-order valence-corrected chi connectivity index (χ3v) is 4.06. The quantitative estimate of drug-likeness (QED) is 0.643. The molecule has 0 saturated heterocycles. The highest BCUT2D eigenvalue weighted by Gasteiger charge is 2.25. The fourth-order valence-corrected chi connectivity index (χ4v) is 2.60. The molecule has 1 aromatic carbocycles. The van der Waals surface area contributed by atoms with E-state index >= 15 is 0 Å². The van der Waals surface area contributed by atoms with Crippen molar-refractivity contribution in [3.05, 3.63) is 65.7 Å². The number of amides is 2. The maximum atomic E-state index is 12.8. The van der Waals surface area contributed by atoms with Crippen LogP contribution < -0.4 is 10.2 Å². The van der Waals surface area contributed by atoms with Gasteiger partial charge in [0, 0.05) is 23.0 Å². The number of carbonyl (C=O) groups excluding carboxylic acids is 2. The van der Waals surface area contributed by atoms with Crippen molar-refractivity contribution >= 4 is 34.9 Å². The molecule has 2 amide bonds. The molecule has 0 aliphatic heterocycles. The van der Waals surface area contributed by atoms with Gasteiger partial charge in [0.25, 0.3) is 0 Å². The summed E-state index contributed by atoms with van der Waals surface area (Å²) in [6, 6.07) is 13.5. The molecule has 1 N–H and O–H groups in total. The highest BCUT2D eigenvalue weighted by molar-refractivity contribution is 6.44. The Kier molecular flexibility index (Phi) is 6.09. The van der Waals surface area contributed by atoms with Gasteiger partial charge in [-0.15, -0.1) is 0 Å². The molecule has 0 aliphatic carbocycles.